The molecule has 0 bridgehead atoms. The van der Waals surface area contributed by atoms with Gasteiger partial charge in [-0.25, -0.2) is 4.79 Å². The van der Waals surface area contributed by atoms with Gasteiger partial charge in [0, 0.05) is 36.4 Å². The number of nitrogens with zero attached hydrogens (tertiary/aromatic N) is 2. The van der Waals surface area contributed by atoms with Gasteiger partial charge in [0.15, 0.2) is 5.58 Å². The van der Waals surface area contributed by atoms with Crippen LogP contribution in [0.1, 0.15) is 23.0 Å². The Labute approximate surface area is 166 Å². The van der Waals surface area contributed by atoms with Crippen molar-refractivity contribution in [3.63, 3.8) is 0 Å². The van der Waals surface area contributed by atoms with E-state index in [9.17, 15) is 14.9 Å². The molecule has 2 heterocycles. The van der Waals surface area contributed by atoms with E-state index >= 15 is 0 Å². The number of hydrogen-bond donors (Lipinski definition) is 0. The van der Waals surface area contributed by atoms with Crippen LogP contribution < -0.4 is 0 Å². The van der Waals surface area contributed by atoms with Crippen LogP contribution in [0.4, 0.5) is 5.69 Å². The number of ether oxygens (including phenoxy) is 1. The molecule has 0 saturated heterocycles. The topological polar surface area (TPSA) is 87.5 Å². The number of rotatable bonds is 6. The molecule has 0 unspecified atom stereocenters. The lowest BCUT2D eigenvalue weighted by Gasteiger charge is -2.09. The lowest BCUT2D eigenvalue weighted by Crippen LogP contribution is -2.12. The summed E-state index contributed by atoms with van der Waals surface area (Å²) < 4.78 is 13.0. The third-order valence-corrected chi connectivity index (χ3v) is 4.62. The Morgan fingerprint density at radius 2 is 1.83 bits per heavy atom. The highest BCUT2D eigenvalue weighted by molar-refractivity contribution is 5.95. The quantitative estimate of drug-likeness (QED) is 0.262. The summed E-state index contributed by atoms with van der Waals surface area (Å²) in [6.07, 6.45) is 0. The van der Waals surface area contributed by atoms with E-state index in [1.807, 2.05) is 41.0 Å². The summed E-state index contributed by atoms with van der Waals surface area (Å²) in [6.45, 7) is 2.36. The highest BCUT2D eigenvalue weighted by Gasteiger charge is 2.21. The van der Waals surface area contributed by atoms with E-state index in [0.717, 1.165) is 16.6 Å². The van der Waals surface area contributed by atoms with Crippen molar-refractivity contribution in [3.8, 4) is 11.3 Å². The Morgan fingerprint density at radius 1 is 1.10 bits per heavy atom. The third kappa shape index (κ3) is 3.62. The Balaban J connectivity index is 1.77. The number of hydrogen-bond acceptors (Lipinski definition) is 5. The average molecular weight is 390 g/mol. The van der Waals surface area contributed by atoms with E-state index in [0.29, 0.717) is 23.6 Å². The molecule has 0 aliphatic rings. The van der Waals surface area contributed by atoms with Crippen LogP contribution in [0.15, 0.2) is 71.1 Å². The molecule has 0 N–H and O–H groups in total. The Bertz CT molecular complexity index is 1170. The van der Waals surface area contributed by atoms with E-state index in [1.54, 1.807) is 25.1 Å². The minimum absolute atomic E-state index is 0.0201. The van der Waals surface area contributed by atoms with Crippen molar-refractivity contribution in [2.24, 2.45) is 0 Å². The maximum Gasteiger partial charge on any atom is 0.355 e. The number of nitro benzene ring substituents is 1. The normalized spacial score (nSPS) is 10.9. The summed E-state index contributed by atoms with van der Waals surface area (Å²) in [6, 6.07) is 19.5. The second kappa shape index (κ2) is 7.63. The lowest BCUT2D eigenvalue weighted by atomic mass is 10.2. The summed E-state index contributed by atoms with van der Waals surface area (Å²) in [5.41, 5.74) is 3.48. The largest absolute Gasteiger partial charge is 0.461 e. The molecule has 0 spiro atoms. The molecular formula is C22H18N2O5. The first kappa shape index (κ1) is 18.5. The van der Waals surface area contributed by atoms with Crippen molar-refractivity contribution in [1.29, 1.82) is 0 Å². The van der Waals surface area contributed by atoms with Gasteiger partial charge < -0.3 is 13.7 Å². The average Bonchev–Trinajstić information content (AvgIpc) is 3.29. The van der Waals surface area contributed by atoms with Gasteiger partial charge >= 0.3 is 5.97 Å². The number of non-ortho nitro benzene ring substituents is 1. The Hall–Kier alpha value is -3.87. The zero-order valence-corrected chi connectivity index (χ0v) is 15.7. The molecule has 0 saturated carbocycles. The van der Waals surface area contributed by atoms with Gasteiger partial charge in [-0.2, -0.15) is 0 Å². The predicted octanol–water partition coefficient (Wildman–Crippen LogP) is 5.03. The molecule has 29 heavy (non-hydrogen) atoms. The van der Waals surface area contributed by atoms with Crippen LogP contribution in [0.3, 0.4) is 0 Å². The van der Waals surface area contributed by atoms with Gasteiger partial charge in [-0.05, 0) is 12.5 Å². The second-order valence-electron chi connectivity index (χ2n) is 6.49. The zero-order valence-electron chi connectivity index (χ0n) is 15.7. The molecule has 4 aromatic rings. The van der Waals surface area contributed by atoms with Crippen LogP contribution in [0.2, 0.25) is 0 Å². The second-order valence-corrected chi connectivity index (χ2v) is 6.49. The summed E-state index contributed by atoms with van der Waals surface area (Å²) in [5, 5.41) is 10.9. The molecule has 0 radical (unpaired) electrons. The fraction of sp³-hybridized carbons (Fsp3) is 0.136. The van der Waals surface area contributed by atoms with Crippen LogP contribution in [-0.4, -0.2) is 22.1 Å². The van der Waals surface area contributed by atoms with E-state index in [2.05, 4.69) is 0 Å². The molecule has 146 valence electrons. The van der Waals surface area contributed by atoms with Crippen molar-refractivity contribution in [2.75, 3.05) is 6.61 Å². The molecule has 0 aliphatic heterocycles. The van der Waals surface area contributed by atoms with Crippen molar-refractivity contribution in [2.45, 2.75) is 13.5 Å². The first-order valence-electron chi connectivity index (χ1n) is 9.15. The number of esters is 1. The molecule has 0 atom stereocenters. The number of benzene rings is 2. The number of nitro groups is 1. The van der Waals surface area contributed by atoms with Gasteiger partial charge in [-0.15, -0.1) is 0 Å². The van der Waals surface area contributed by atoms with Crippen molar-refractivity contribution in [3.05, 3.63) is 88.1 Å². The molecule has 0 aliphatic carbocycles. The minimum Gasteiger partial charge on any atom is -0.461 e. The summed E-state index contributed by atoms with van der Waals surface area (Å²) in [5.74, 6) is 0.255. The molecule has 2 aromatic heterocycles. The molecule has 7 nitrogen and oxygen atoms in total. The van der Waals surface area contributed by atoms with Crippen molar-refractivity contribution in [1.82, 2.24) is 4.57 Å². The first-order valence-corrected chi connectivity index (χ1v) is 9.15. The van der Waals surface area contributed by atoms with Crippen LogP contribution in [0.25, 0.3) is 22.4 Å². The molecule has 0 amide bonds. The van der Waals surface area contributed by atoms with Gasteiger partial charge in [-0.1, -0.05) is 42.5 Å². The highest BCUT2D eigenvalue weighted by atomic mass is 16.6. The zero-order chi connectivity index (χ0) is 20.4. The molecule has 4 rings (SSSR count). The van der Waals surface area contributed by atoms with Crippen molar-refractivity contribution >= 4 is 22.8 Å². The molecule has 7 heteroatoms. The van der Waals surface area contributed by atoms with Gasteiger partial charge in [0.2, 0.25) is 0 Å². The Kier molecular flexibility index (Phi) is 4.87. The van der Waals surface area contributed by atoms with Gasteiger partial charge in [0.25, 0.3) is 5.69 Å². The third-order valence-electron chi connectivity index (χ3n) is 4.62. The van der Waals surface area contributed by atoms with E-state index < -0.39 is 10.9 Å². The summed E-state index contributed by atoms with van der Waals surface area (Å²) >= 11 is 0. The molecular weight excluding hydrogens is 372 g/mol. The summed E-state index contributed by atoms with van der Waals surface area (Å²) in [7, 11) is 0. The lowest BCUT2D eigenvalue weighted by molar-refractivity contribution is -0.384. The van der Waals surface area contributed by atoms with Gasteiger partial charge in [0.1, 0.15) is 11.5 Å². The number of furan rings is 1. The first-order chi connectivity index (χ1) is 14.1. The maximum atomic E-state index is 12.4. The number of carbonyl (C=O) groups excluding carboxylic acids is 1. The predicted molar refractivity (Wildman–Crippen MR) is 108 cm³/mol. The van der Waals surface area contributed by atoms with E-state index in [1.165, 1.54) is 12.1 Å². The van der Waals surface area contributed by atoms with Crippen LogP contribution in [0.5, 0.6) is 0 Å². The highest BCUT2D eigenvalue weighted by Crippen LogP contribution is 2.31. The fourth-order valence-corrected chi connectivity index (χ4v) is 3.24. The van der Waals surface area contributed by atoms with Gasteiger partial charge in [-0.3, -0.25) is 10.1 Å². The number of carbonyl (C=O) groups is 1. The Morgan fingerprint density at radius 3 is 2.48 bits per heavy atom. The van der Waals surface area contributed by atoms with Gasteiger partial charge in [0.05, 0.1) is 17.0 Å². The van der Waals surface area contributed by atoms with Crippen LogP contribution in [0, 0.1) is 10.1 Å². The molecule has 2 aromatic carbocycles. The SMILES string of the molecule is CCOC(=O)c1cc2oc(-c3ccccc3)cc2n1Cc1ccc([N+](=O)[O-])cc1. The molecule has 0 fully saturated rings. The smallest absolute Gasteiger partial charge is 0.355 e. The summed E-state index contributed by atoms with van der Waals surface area (Å²) in [4.78, 5) is 22.9. The van der Waals surface area contributed by atoms with Crippen LogP contribution >= 0.6 is 0 Å². The monoisotopic (exact) mass is 390 g/mol. The van der Waals surface area contributed by atoms with E-state index in [4.69, 9.17) is 9.15 Å². The maximum absolute atomic E-state index is 12.4. The fourth-order valence-electron chi connectivity index (χ4n) is 3.24. The standard InChI is InChI=1S/C22H18N2O5/c1-2-28-22(25)19-13-21-18(12-20(29-21)16-6-4-3-5-7-16)23(19)14-15-8-10-17(11-9-15)24(26)27/h3-13H,2,14H2,1H3. The van der Waals surface area contributed by atoms with Crippen LogP contribution in [-0.2, 0) is 11.3 Å². The number of fused-ring (bicyclic) bond motifs is 1. The van der Waals surface area contributed by atoms with Crippen molar-refractivity contribution < 1.29 is 18.9 Å². The minimum atomic E-state index is -0.443. The van der Waals surface area contributed by atoms with E-state index in [-0.39, 0.29) is 12.3 Å². The number of aromatic nitrogens is 1.